The number of anilines is 2. The minimum absolute atomic E-state index is 0.240. The lowest BCUT2D eigenvalue weighted by Crippen LogP contribution is -2.39. The van der Waals surface area contributed by atoms with Gasteiger partial charge in [-0.05, 0) is 83.6 Å². The first-order chi connectivity index (χ1) is 19.7. The molecule has 8 heteroatoms. The van der Waals surface area contributed by atoms with Gasteiger partial charge in [-0.15, -0.1) is 0 Å². The number of hydrogen-bond donors (Lipinski definition) is 2. The summed E-state index contributed by atoms with van der Waals surface area (Å²) in [5, 5.41) is 13.6. The molecule has 226 valence electrons. The second kappa shape index (κ2) is 12.7. The Morgan fingerprint density at radius 3 is 2.38 bits per heavy atom. The van der Waals surface area contributed by atoms with Crippen LogP contribution in [0.3, 0.4) is 0 Å². The first kappa shape index (κ1) is 31.3. The maximum Gasteiger partial charge on any atom is 0.337 e. The number of carbonyl (C=O) groups is 1. The van der Waals surface area contributed by atoms with Crippen LogP contribution in [0.4, 0.5) is 11.5 Å². The number of piperidine rings is 1. The highest BCUT2D eigenvalue weighted by atomic mass is 16.5. The van der Waals surface area contributed by atoms with Crippen molar-refractivity contribution in [1.29, 1.82) is 0 Å². The Hall–Kier alpha value is -3.65. The molecule has 1 saturated heterocycles. The Morgan fingerprint density at radius 1 is 1.07 bits per heavy atom. The standard InChI is InChI=1S/C34H46N4O4/c1-22-9-11-27(23(2)19-22)41-18-15-35-28-12-10-25(20-37-28)26-21-36-24(3)29(31(32(39)40)42-33(4,5)6)30(26)38-16-13-34(7,8)14-17-38/h9-12,19-21,31H,13-18H2,1-8H3,(H,35,37)(H,39,40). The molecule has 0 saturated carbocycles. The maximum atomic E-state index is 12.6. The summed E-state index contributed by atoms with van der Waals surface area (Å²) in [6.45, 7) is 19.0. The van der Waals surface area contributed by atoms with E-state index in [-0.39, 0.29) is 5.41 Å². The molecule has 8 nitrogen and oxygen atoms in total. The molecule has 2 aromatic heterocycles. The van der Waals surface area contributed by atoms with Crippen LogP contribution in [0.1, 0.15) is 75.9 Å². The van der Waals surface area contributed by atoms with Crippen molar-refractivity contribution in [2.45, 2.75) is 79.9 Å². The zero-order valence-corrected chi connectivity index (χ0v) is 26.4. The van der Waals surface area contributed by atoms with Gasteiger partial charge in [0.2, 0.25) is 0 Å². The van der Waals surface area contributed by atoms with Crippen molar-refractivity contribution >= 4 is 17.5 Å². The van der Waals surface area contributed by atoms with Crippen LogP contribution in [-0.2, 0) is 9.53 Å². The number of rotatable bonds is 10. The van der Waals surface area contributed by atoms with E-state index in [4.69, 9.17) is 9.47 Å². The van der Waals surface area contributed by atoms with Crippen LogP contribution in [0.5, 0.6) is 5.75 Å². The van der Waals surface area contributed by atoms with Crippen molar-refractivity contribution in [3.63, 3.8) is 0 Å². The number of aromatic nitrogens is 2. The molecule has 0 radical (unpaired) electrons. The van der Waals surface area contributed by atoms with Gasteiger partial charge in [-0.2, -0.15) is 0 Å². The van der Waals surface area contributed by atoms with E-state index < -0.39 is 17.7 Å². The van der Waals surface area contributed by atoms with Crippen molar-refractivity contribution in [3.05, 3.63) is 65.1 Å². The molecule has 0 aliphatic carbocycles. The normalized spacial score (nSPS) is 15.8. The Morgan fingerprint density at radius 2 is 1.79 bits per heavy atom. The fourth-order valence-corrected chi connectivity index (χ4v) is 5.36. The predicted octanol–water partition coefficient (Wildman–Crippen LogP) is 7.13. The zero-order valence-electron chi connectivity index (χ0n) is 26.4. The average Bonchev–Trinajstić information content (AvgIpc) is 2.91. The molecular weight excluding hydrogens is 528 g/mol. The van der Waals surface area contributed by atoms with Gasteiger partial charge >= 0.3 is 5.97 Å². The van der Waals surface area contributed by atoms with Crippen LogP contribution >= 0.6 is 0 Å². The summed E-state index contributed by atoms with van der Waals surface area (Å²) in [4.78, 5) is 24.3. The highest BCUT2D eigenvalue weighted by Crippen LogP contribution is 2.43. The van der Waals surface area contributed by atoms with Crippen LogP contribution in [0, 0.1) is 26.2 Å². The SMILES string of the molecule is Cc1ccc(OCCNc2ccc(-c3cnc(C)c(C(OC(C)(C)C)C(=O)O)c3N3CCC(C)(C)CC3)cn2)c(C)c1. The van der Waals surface area contributed by atoms with E-state index in [0.717, 1.165) is 59.9 Å². The molecule has 0 amide bonds. The maximum absolute atomic E-state index is 12.6. The molecule has 3 heterocycles. The van der Waals surface area contributed by atoms with Crippen LogP contribution in [0.15, 0.2) is 42.7 Å². The molecule has 0 spiro atoms. The topological polar surface area (TPSA) is 96.8 Å². The minimum Gasteiger partial charge on any atom is -0.491 e. The molecular formula is C34H46N4O4. The van der Waals surface area contributed by atoms with Gasteiger partial charge in [-0.1, -0.05) is 31.5 Å². The number of nitrogens with one attached hydrogen (secondary N) is 1. The number of aryl methyl sites for hydroxylation is 3. The Bertz CT molecular complexity index is 1390. The number of pyridine rings is 2. The van der Waals surface area contributed by atoms with Crippen molar-refractivity contribution in [2.24, 2.45) is 5.41 Å². The molecule has 4 rings (SSSR count). The lowest BCUT2D eigenvalue weighted by molar-refractivity contribution is -0.160. The average molecular weight is 575 g/mol. The van der Waals surface area contributed by atoms with E-state index >= 15 is 0 Å². The molecule has 1 unspecified atom stereocenters. The Balaban J connectivity index is 1.61. The molecule has 1 aliphatic heterocycles. The van der Waals surface area contributed by atoms with Crippen molar-refractivity contribution < 1.29 is 19.4 Å². The highest BCUT2D eigenvalue weighted by molar-refractivity contribution is 5.86. The quantitative estimate of drug-likeness (QED) is 0.247. The second-order valence-electron chi connectivity index (χ2n) is 13.1. The second-order valence-corrected chi connectivity index (χ2v) is 13.1. The van der Waals surface area contributed by atoms with Crippen LogP contribution in [0.2, 0.25) is 0 Å². The molecule has 1 atom stereocenters. The van der Waals surface area contributed by atoms with Crippen LogP contribution in [-0.4, -0.2) is 52.9 Å². The Kier molecular flexibility index (Phi) is 9.46. The highest BCUT2D eigenvalue weighted by Gasteiger charge is 2.35. The third-order valence-corrected chi connectivity index (χ3v) is 7.75. The van der Waals surface area contributed by atoms with Gasteiger partial charge in [-0.25, -0.2) is 9.78 Å². The summed E-state index contributed by atoms with van der Waals surface area (Å²) in [6, 6.07) is 10.1. The lowest BCUT2D eigenvalue weighted by atomic mass is 9.82. The third-order valence-electron chi connectivity index (χ3n) is 7.75. The van der Waals surface area contributed by atoms with Gasteiger partial charge in [0, 0.05) is 47.9 Å². The van der Waals surface area contributed by atoms with Gasteiger partial charge in [0.25, 0.3) is 0 Å². The van der Waals surface area contributed by atoms with E-state index in [1.165, 1.54) is 5.56 Å². The lowest BCUT2D eigenvalue weighted by Gasteiger charge is -2.40. The molecule has 1 aromatic carbocycles. The number of hydrogen-bond acceptors (Lipinski definition) is 7. The summed E-state index contributed by atoms with van der Waals surface area (Å²) in [6.07, 6.45) is 4.54. The number of aliphatic carboxylic acids is 1. The monoisotopic (exact) mass is 574 g/mol. The molecule has 0 bridgehead atoms. The van der Waals surface area contributed by atoms with Gasteiger partial charge in [-0.3, -0.25) is 4.98 Å². The summed E-state index contributed by atoms with van der Waals surface area (Å²) in [7, 11) is 0. The number of nitrogens with zero attached hydrogens (tertiary/aromatic N) is 3. The van der Waals surface area contributed by atoms with Crippen LogP contribution < -0.4 is 15.0 Å². The largest absolute Gasteiger partial charge is 0.491 e. The zero-order chi connectivity index (χ0) is 30.7. The molecule has 42 heavy (non-hydrogen) atoms. The summed E-state index contributed by atoms with van der Waals surface area (Å²) < 4.78 is 12.1. The first-order valence-corrected chi connectivity index (χ1v) is 14.8. The minimum atomic E-state index is -1.14. The van der Waals surface area contributed by atoms with E-state index in [2.05, 4.69) is 47.0 Å². The first-order valence-electron chi connectivity index (χ1n) is 14.8. The number of benzene rings is 1. The van der Waals surface area contributed by atoms with Gasteiger partial charge in [0.05, 0.1) is 17.8 Å². The van der Waals surface area contributed by atoms with Crippen molar-refractivity contribution in [3.8, 4) is 16.9 Å². The number of ether oxygens (including phenoxy) is 2. The van der Waals surface area contributed by atoms with Crippen LogP contribution in [0.25, 0.3) is 11.1 Å². The summed E-state index contributed by atoms with van der Waals surface area (Å²) in [5.74, 6) is 0.604. The van der Waals surface area contributed by atoms with Crippen molar-refractivity contribution in [1.82, 2.24) is 9.97 Å². The number of carboxylic acid groups (broad SMARTS) is 1. The van der Waals surface area contributed by atoms with Gasteiger partial charge in [0.15, 0.2) is 6.10 Å². The fraction of sp³-hybridized carbons (Fsp3) is 0.500. The van der Waals surface area contributed by atoms with E-state index in [9.17, 15) is 9.90 Å². The molecule has 3 aromatic rings. The number of carboxylic acids is 1. The smallest absolute Gasteiger partial charge is 0.337 e. The molecule has 1 fully saturated rings. The third kappa shape index (κ3) is 7.79. The van der Waals surface area contributed by atoms with Gasteiger partial charge in [0.1, 0.15) is 18.2 Å². The summed E-state index contributed by atoms with van der Waals surface area (Å²) in [5.41, 5.74) is 5.80. The van der Waals surface area contributed by atoms with E-state index in [1.54, 1.807) is 0 Å². The van der Waals surface area contributed by atoms with E-state index in [0.29, 0.717) is 24.4 Å². The summed E-state index contributed by atoms with van der Waals surface area (Å²) >= 11 is 0. The molecule has 2 N–H and O–H groups in total. The Labute approximate surface area is 250 Å². The van der Waals surface area contributed by atoms with E-state index in [1.807, 2.05) is 71.3 Å². The molecule has 1 aliphatic rings. The predicted molar refractivity (Wildman–Crippen MR) is 169 cm³/mol. The fourth-order valence-electron chi connectivity index (χ4n) is 5.36. The van der Waals surface area contributed by atoms with Gasteiger partial charge < -0.3 is 24.8 Å². The van der Waals surface area contributed by atoms with Crippen molar-refractivity contribution in [2.75, 3.05) is 36.5 Å².